The van der Waals surface area contributed by atoms with E-state index in [2.05, 4.69) is 34.5 Å². The Kier molecular flexibility index (Phi) is 4.88. The van der Waals surface area contributed by atoms with Crippen LogP contribution in [0.2, 0.25) is 0 Å². The van der Waals surface area contributed by atoms with Gasteiger partial charge in [0.05, 0.1) is 5.92 Å². The SMILES string of the molecule is CC(C)N1CC(C(=O)NCc2cccc(N3CC=CC3)c2)CC1=O. The molecule has 1 N–H and O–H groups in total. The van der Waals surface area contributed by atoms with Crippen LogP contribution >= 0.6 is 0 Å². The summed E-state index contributed by atoms with van der Waals surface area (Å²) in [5, 5.41) is 2.99. The van der Waals surface area contributed by atoms with E-state index >= 15 is 0 Å². The minimum absolute atomic E-state index is 0.0280. The van der Waals surface area contributed by atoms with E-state index in [1.807, 2.05) is 26.0 Å². The maximum atomic E-state index is 12.4. The molecule has 0 radical (unpaired) electrons. The molecule has 3 rings (SSSR count). The van der Waals surface area contributed by atoms with Crippen molar-refractivity contribution in [3.8, 4) is 0 Å². The topological polar surface area (TPSA) is 52.7 Å². The zero-order valence-corrected chi connectivity index (χ0v) is 14.4. The molecule has 24 heavy (non-hydrogen) atoms. The molecule has 128 valence electrons. The van der Waals surface area contributed by atoms with E-state index in [4.69, 9.17) is 0 Å². The van der Waals surface area contributed by atoms with Gasteiger partial charge in [-0.3, -0.25) is 9.59 Å². The third-order valence-corrected chi connectivity index (χ3v) is 4.71. The van der Waals surface area contributed by atoms with Gasteiger partial charge in [-0.15, -0.1) is 0 Å². The van der Waals surface area contributed by atoms with Crippen LogP contribution in [-0.4, -0.2) is 42.4 Å². The van der Waals surface area contributed by atoms with Crippen molar-refractivity contribution in [1.29, 1.82) is 0 Å². The van der Waals surface area contributed by atoms with Crippen molar-refractivity contribution < 1.29 is 9.59 Å². The minimum Gasteiger partial charge on any atom is -0.364 e. The number of carbonyl (C=O) groups is 2. The van der Waals surface area contributed by atoms with Gasteiger partial charge in [0.1, 0.15) is 0 Å². The van der Waals surface area contributed by atoms with Gasteiger partial charge < -0.3 is 15.1 Å². The quantitative estimate of drug-likeness (QED) is 0.841. The standard InChI is InChI=1S/C19H25N3O2/c1-14(2)22-13-16(11-18(22)23)19(24)20-12-15-6-5-7-17(10-15)21-8-3-4-9-21/h3-7,10,14,16H,8-9,11-13H2,1-2H3,(H,20,24). The van der Waals surface area contributed by atoms with Gasteiger partial charge >= 0.3 is 0 Å². The average Bonchev–Trinajstić information content (AvgIpc) is 3.22. The van der Waals surface area contributed by atoms with Crippen LogP contribution < -0.4 is 10.2 Å². The second-order valence-corrected chi connectivity index (χ2v) is 6.80. The molecule has 1 aromatic carbocycles. The molecule has 2 aliphatic rings. The average molecular weight is 327 g/mol. The Hall–Kier alpha value is -2.30. The molecule has 2 heterocycles. The zero-order valence-electron chi connectivity index (χ0n) is 14.4. The number of hydrogen-bond acceptors (Lipinski definition) is 3. The molecule has 1 aromatic rings. The van der Waals surface area contributed by atoms with Crippen LogP contribution in [-0.2, 0) is 16.1 Å². The Morgan fingerprint density at radius 2 is 2.04 bits per heavy atom. The lowest BCUT2D eigenvalue weighted by atomic mass is 10.1. The van der Waals surface area contributed by atoms with Gasteiger partial charge in [-0.25, -0.2) is 0 Å². The summed E-state index contributed by atoms with van der Waals surface area (Å²) in [6.45, 7) is 6.87. The highest BCUT2D eigenvalue weighted by atomic mass is 16.2. The van der Waals surface area contributed by atoms with Gasteiger partial charge in [-0.05, 0) is 31.5 Å². The first-order valence-corrected chi connectivity index (χ1v) is 8.60. The van der Waals surface area contributed by atoms with Gasteiger partial charge in [-0.1, -0.05) is 24.3 Å². The maximum absolute atomic E-state index is 12.4. The lowest BCUT2D eigenvalue weighted by Crippen LogP contribution is -2.35. The first-order valence-electron chi connectivity index (χ1n) is 8.60. The minimum atomic E-state index is -0.231. The van der Waals surface area contributed by atoms with Crippen molar-refractivity contribution >= 4 is 17.5 Å². The molecule has 0 bridgehead atoms. The van der Waals surface area contributed by atoms with Crippen molar-refractivity contribution in [3.63, 3.8) is 0 Å². The highest BCUT2D eigenvalue weighted by molar-refractivity contribution is 5.89. The third-order valence-electron chi connectivity index (χ3n) is 4.71. The van der Waals surface area contributed by atoms with Gasteiger partial charge in [0.15, 0.2) is 0 Å². The predicted octanol–water partition coefficient (Wildman–Crippen LogP) is 1.94. The van der Waals surface area contributed by atoms with Crippen molar-refractivity contribution in [2.24, 2.45) is 5.92 Å². The summed E-state index contributed by atoms with van der Waals surface area (Å²) < 4.78 is 0. The zero-order chi connectivity index (χ0) is 17.1. The molecule has 5 heteroatoms. The Bertz CT molecular complexity index is 646. The van der Waals surface area contributed by atoms with Crippen molar-refractivity contribution in [1.82, 2.24) is 10.2 Å². The first-order chi connectivity index (χ1) is 11.5. The fraction of sp³-hybridized carbons (Fsp3) is 0.474. The molecular weight excluding hydrogens is 302 g/mol. The number of amides is 2. The largest absolute Gasteiger partial charge is 0.364 e. The number of benzene rings is 1. The number of likely N-dealkylation sites (tertiary alicyclic amines) is 1. The van der Waals surface area contributed by atoms with E-state index in [9.17, 15) is 9.59 Å². The van der Waals surface area contributed by atoms with Crippen LogP contribution in [0.1, 0.15) is 25.8 Å². The molecule has 1 fully saturated rings. The maximum Gasteiger partial charge on any atom is 0.225 e. The third kappa shape index (κ3) is 3.61. The van der Waals surface area contributed by atoms with E-state index in [1.165, 1.54) is 5.69 Å². The normalized spacial score (nSPS) is 20.3. The number of nitrogens with zero attached hydrogens (tertiary/aromatic N) is 2. The number of carbonyl (C=O) groups excluding carboxylic acids is 2. The lowest BCUT2D eigenvalue weighted by Gasteiger charge is -2.21. The summed E-state index contributed by atoms with van der Waals surface area (Å²) in [5.74, 6) is -0.181. The highest BCUT2D eigenvalue weighted by Gasteiger charge is 2.35. The van der Waals surface area contributed by atoms with Crippen LogP contribution in [0.3, 0.4) is 0 Å². The van der Waals surface area contributed by atoms with Crippen LogP contribution in [0.5, 0.6) is 0 Å². The predicted molar refractivity (Wildman–Crippen MR) is 94.6 cm³/mol. The van der Waals surface area contributed by atoms with Crippen LogP contribution in [0.25, 0.3) is 0 Å². The van der Waals surface area contributed by atoms with Gasteiger partial charge in [0.2, 0.25) is 11.8 Å². The summed E-state index contributed by atoms with van der Waals surface area (Å²) in [5.41, 5.74) is 2.26. The second kappa shape index (κ2) is 7.07. The summed E-state index contributed by atoms with van der Waals surface area (Å²) in [7, 11) is 0. The number of nitrogens with one attached hydrogen (secondary N) is 1. The van der Waals surface area contributed by atoms with Crippen LogP contribution in [0.15, 0.2) is 36.4 Å². The molecule has 2 aliphatic heterocycles. The van der Waals surface area contributed by atoms with Gasteiger partial charge in [-0.2, -0.15) is 0 Å². The number of rotatable bonds is 5. The summed E-state index contributed by atoms with van der Waals surface area (Å²) >= 11 is 0. The highest BCUT2D eigenvalue weighted by Crippen LogP contribution is 2.21. The van der Waals surface area contributed by atoms with Gasteiger partial charge in [0, 0.05) is 44.3 Å². The summed E-state index contributed by atoms with van der Waals surface area (Å²) in [6.07, 6.45) is 4.64. The molecule has 0 aliphatic carbocycles. The van der Waals surface area contributed by atoms with Crippen molar-refractivity contribution in [2.75, 3.05) is 24.5 Å². The Labute approximate surface area is 143 Å². The van der Waals surface area contributed by atoms with Crippen LogP contribution in [0, 0.1) is 5.92 Å². The molecule has 1 atom stereocenters. The molecule has 0 saturated carbocycles. The molecule has 1 unspecified atom stereocenters. The molecule has 2 amide bonds. The Morgan fingerprint density at radius 1 is 1.29 bits per heavy atom. The monoisotopic (exact) mass is 327 g/mol. The van der Waals surface area contributed by atoms with E-state index in [0.29, 0.717) is 19.5 Å². The summed E-state index contributed by atoms with van der Waals surface area (Å²) in [6, 6.07) is 8.41. The molecule has 0 spiro atoms. The summed E-state index contributed by atoms with van der Waals surface area (Å²) in [4.78, 5) is 28.4. The second-order valence-electron chi connectivity index (χ2n) is 6.80. The van der Waals surface area contributed by atoms with Crippen molar-refractivity contribution in [3.05, 3.63) is 42.0 Å². The first kappa shape index (κ1) is 16.6. The molecular formula is C19H25N3O2. The van der Waals surface area contributed by atoms with E-state index in [-0.39, 0.29) is 23.8 Å². The van der Waals surface area contributed by atoms with Crippen molar-refractivity contribution in [2.45, 2.75) is 32.9 Å². The molecule has 0 aromatic heterocycles. The van der Waals surface area contributed by atoms with E-state index in [1.54, 1.807) is 4.90 Å². The molecule has 1 saturated heterocycles. The smallest absolute Gasteiger partial charge is 0.225 e. The van der Waals surface area contributed by atoms with E-state index < -0.39 is 0 Å². The Balaban J connectivity index is 1.55. The fourth-order valence-corrected chi connectivity index (χ4v) is 3.29. The van der Waals surface area contributed by atoms with Gasteiger partial charge in [0.25, 0.3) is 0 Å². The number of anilines is 1. The number of hydrogen-bond donors (Lipinski definition) is 1. The molecule has 5 nitrogen and oxygen atoms in total. The lowest BCUT2D eigenvalue weighted by molar-refractivity contribution is -0.129. The Morgan fingerprint density at radius 3 is 2.71 bits per heavy atom. The van der Waals surface area contributed by atoms with Crippen LogP contribution in [0.4, 0.5) is 5.69 Å². The fourth-order valence-electron chi connectivity index (χ4n) is 3.29. The van der Waals surface area contributed by atoms with E-state index in [0.717, 1.165) is 18.7 Å².